The van der Waals surface area contributed by atoms with Gasteiger partial charge in [-0.2, -0.15) is 0 Å². The largest absolute Gasteiger partial charge is 0.473 e. The zero-order chi connectivity index (χ0) is 14.9. The monoisotopic (exact) mass is 313 g/mol. The number of nitrogens with one attached hydrogen (secondary N) is 1. The molecule has 0 bridgehead atoms. The summed E-state index contributed by atoms with van der Waals surface area (Å²) in [6.45, 7) is 0. The molecule has 0 spiro atoms. The smallest absolute Gasteiger partial charge is 0.273 e. The van der Waals surface area contributed by atoms with Gasteiger partial charge in [0.2, 0.25) is 0 Å². The lowest BCUT2D eigenvalue weighted by Crippen LogP contribution is -2.04. The van der Waals surface area contributed by atoms with E-state index in [9.17, 15) is 0 Å². The Morgan fingerprint density at radius 2 is 2.14 bits per heavy atom. The van der Waals surface area contributed by atoms with Crippen LogP contribution in [0.5, 0.6) is 5.19 Å². The third kappa shape index (κ3) is 2.39. The maximum absolute atomic E-state index is 5.21. The van der Waals surface area contributed by atoms with Gasteiger partial charge in [-0.05, 0) is 30.4 Å². The number of nitrogens with zero attached hydrogens (tertiary/aromatic N) is 2. The van der Waals surface area contributed by atoms with Crippen LogP contribution < -0.4 is 4.74 Å². The maximum Gasteiger partial charge on any atom is 0.273 e. The Balaban J connectivity index is 1.75. The fourth-order valence-electron chi connectivity index (χ4n) is 3.37. The molecule has 0 amide bonds. The summed E-state index contributed by atoms with van der Waals surface area (Å²) in [6.07, 6.45) is 10.7. The van der Waals surface area contributed by atoms with E-state index in [1.807, 2.05) is 17.8 Å². The van der Waals surface area contributed by atoms with Gasteiger partial charge in [0.25, 0.3) is 5.19 Å². The molecule has 0 aromatic carbocycles. The van der Waals surface area contributed by atoms with E-state index in [0.29, 0.717) is 11.1 Å². The minimum absolute atomic E-state index is 0.665. The highest BCUT2D eigenvalue weighted by Crippen LogP contribution is 2.36. The second-order valence-electron chi connectivity index (χ2n) is 5.90. The zero-order valence-electron chi connectivity index (χ0n) is 12.6. The molecule has 3 aromatic rings. The summed E-state index contributed by atoms with van der Waals surface area (Å²) < 4.78 is 5.21. The average Bonchev–Trinajstić information content (AvgIpc) is 3.21. The molecule has 1 aliphatic carbocycles. The van der Waals surface area contributed by atoms with Crippen molar-refractivity contribution in [2.24, 2.45) is 0 Å². The van der Waals surface area contributed by atoms with Crippen LogP contribution in [0, 0.1) is 0 Å². The maximum atomic E-state index is 5.21. The van der Waals surface area contributed by atoms with Crippen LogP contribution in [-0.2, 0) is 0 Å². The Labute approximate surface area is 133 Å². The van der Waals surface area contributed by atoms with Crippen molar-refractivity contribution in [1.29, 1.82) is 0 Å². The van der Waals surface area contributed by atoms with Crippen molar-refractivity contribution < 1.29 is 4.74 Å². The van der Waals surface area contributed by atoms with Crippen molar-refractivity contribution in [3.8, 4) is 16.5 Å². The Morgan fingerprint density at radius 1 is 1.27 bits per heavy atom. The van der Waals surface area contributed by atoms with E-state index in [0.717, 1.165) is 22.3 Å². The normalized spacial score (nSPS) is 16.2. The first kappa shape index (κ1) is 13.8. The Morgan fingerprint density at radius 3 is 2.91 bits per heavy atom. The fourth-order valence-corrected chi connectivity index (χ4v) is 4.00. The Hall–Kier alpha value is -1.88. The molecule has 5 heteroatoms. The van der Waals surface area contributed by atoms with Gasteiger partial charge in [0.1, 0.15) is 5.65 Å². The highest BCUT2D eigenvalue weighted by atomic mass is 32.1. The van der Waals surface area contributed by atoms with E-state index in [2.05, 4.69) is 21.0 Å². The SMILES string of the molecule is COc1nc(-c2c[nH]c3ncc(C4CCCCC4)cc23)cs1. The first-order valence-corrected chi connectivity index (χ1v) is 8.70. The molecule has 0 atom stereocenters. The van der Waals surface area contributed by atoms with Crippen LogP contribution >= 0.6 is 11.3 Å². The van der Waals surface area contributed by atoms with E-state index >= 15 is 0 Å². The van der Waals surface area contributed by atoms with Gasteiger partial charge in [-0.25, -0.2) is 9.97 Å². The molecular formula is C17H19N3OS. The quantitative estimate of drug-likeness (QED) is 0.759. The molecule has 4 nitrogen and oxygen atoms in total. The number of thiazole rings is 1. The minimum atomic E-state index is 0.665. The number of rotatable bonds is 3. The number of pyridine rings is 1. The second-order valence-corrected chi connectivity index (χ2v) is 6.73. The Kier molecular flexibility index (Phi) is 3.58. The number of hydrogen-bond acceptors (Lipinski definition) is 4. The summed E-state index contributed by atoms with van der Waals surface area (Å²) >= 11 is 1.52. The van der Waals surface area contributed by atoms with Crippen molar-refractivity contribution in [2.75, 3.05) is 7.11 Å². The van der Waals surface area contributed by atoms with Crippen LogP contribution in [0.1, 0.15) is 43.6 Å². The lowest BCUT2D eigenvalue weighted by molar-refractivity contribution is 0.412. The predicted molar refractivity (Wildman–Crippen MR) is 89.6 cm³/mol. The van der Waals surface area contributed by atoms with Gasteiger partial charge in [-0.3, -0.25) is 0 Å². The van der Waals surface area contributed by atoms with Gasteiger partial charge in [0, 0.05) is 28.7 Å². The third-order valence-electron chi connectivity index (χ3n) is 4.56. The topological polar surface area (TPSA) is 50.8 Å². The van der Waals surface area contributed by atoms with Crippen molar-refractivity contribution >= 4 is 22.4 Å². The van der Waals surface area contributed by atoms with E-state index in [4.69, 9.17) is 4.74 Å². The van der Waals surface area contributed by atoms with Gasteiger partial charge in [0.15, 0.2) is 0 Å². The molecule has 114 valence electrons. The first-order valence-electron chi connectivity index (χ1n) is 7.82. The molecule has 1 N–H and O–H groups in total. The van der Waals surface area contributed by atoms with Crippen LogP contribution in [0.2, 0.25) is 0 Å². The first-order chi connectivity index (χ1) is 10.8. The standard InChI is InChI=1S/C17H19N3OS/c1-21-17-20-15(10-22-17)14-9-19-16-13(14)7-12(8-18-16)11-5-3-2-4-6-11/h7-11H,2-6H2,1H3,(H,18,19). The molecule has 3 aromatic heterocycles. The summed E-state index contributed by atoms with van der Waals surface area (Å²) in [6, 6.07) is 2.30. The van der Waals surface area contributed by atoms with Crippen LogP contribution in [-0.4, -0.2) is 22.1 Å². The molecule has 22 heavy (non-hydrogen) atoms. The highest BCUT2D eigenvalue weighted by Gasteiger charge is 2.18. The summed E-state index contributed by atoms with van der Waals surface area (Å²) in [4.78, 5) is 12.4. The lowest BCUT2D eigenvalue weighted by atomic mass is 9.84. The van der Waals surface area contributed by atoms with Crippen LogP contribution in [0.25, 0.3) is 22.3 Å². The molecule has 4 rings (SSSR count). The molecular weight excluding hydrogens is 294 g/mol. The number of ether oxygens (including phenoxy) is 1. The summed E-state index contributed by atoms with van der Waals surface area (Å²) in [7, 11) is 1.65. The minimum Gasteiger partial charge on any atom is -0.473 e. The molecule has 0 saturated heterocycles. The summed E-state index contributed by atoms with van der Waals surface area (Å²) in [5.74, 6) is 0.665. The predicted octanol–water partition coefficient (Wildman–Crippen LogP) is 4.74. The average molecular weight is 313 g/mol. The number of aromatic nitrogens is 3. The van der Waals surface area contributed by atoms with Gasteiger partial charge >= 0.3 is 0 Å². The molecule has 0 radical (unpaired) electrons. The molecule has 3 heterocycles. The molecule has 0 aliphatic heterocycles. The number of methoxy groups -OCH3 is 1. The van der Waals surface area contributed by atoms with Gasteiger partial charge in [-0.1, -0.05) is 30.6 Å². The fraction of sp³-hybridized carbons (Fsp3) is 0.412. The number of aromatic amines is 1. The van der Waals surface area contributed by atoms with E-state index in [1.54, 1.807) is 7.11 Å². The van der Waals surface area contributed by atoms with Crippen molar-refractivity contribution in [1.82, 2.24) is 15.0 Å². The molecule has 0 unspecified atom stereocenters. The number of H-pyrrole nitrogens is 1. The highest BCUT2D eigenvalue weighted by molar-refractivity contribution is 7.11. The van der Waals surface area contributed by atoms with E-state index < -0.39 is 0 Å². The van der Waals surface area contributed by atoms with E-state index in [1.165, 1.54) is 49.0 Å². The summed E-state index contributed by atoms with van der Waals surface area (Å²) in [5.41, 5.74) is 4.37. The van der Waals surface area contributed by atoms with Gasteiger partial charge in [-0.15, -0.1) is 0 Å². The second kappa shape index (κ2) is 5.72. The van der Waals surface area contributed by atoms with Crippen LogP contribution in [0.4, 0.5) is 0 Å². The summed E-state index contributed by atoms with van der Waals surface area (Å²) in [5, 5.41) is 3.89. The molecule has 1 fully saturated rings. The van der Waals surface area contributed by atoms with Crippen LogP contribution in [0.3, 0.4) is 0 Å². The zero-order valence-corrected chi connectivity index (χ0v) is 13.4. The van der Waals surface area contributed by atoms with Gasteiger partial charge in [0.05, 0.1) is 12.8 Å². The van der Waals surface area contributed by atoms with Gasteiger partial charge < -0.3 is 9.72 Å². The lowest BCUT2D eigenvalue weighted by Gasteiger charge is -2.21. The van der Waals surface area contributed by atoms with Crippen molar-refractivity contribution in [2.45, 2.75) is 38.0 Å². The third-order valence-corrected chi connectivity index (χ3v) is 5.36. The number of hydrogen-bond donors (Lipinski definition) is 1. The molecule has 1 aliphatic rings. The van der Waals surface area contributed by atoms with Crippen molar-refractivity contribution in [3.05, 3.63) is 29.4 Å². The molecule has 1 saturated carbocycles. The van der Waals surface area contributed by atoms with E-state index in [-0.39, 0.29) is 0 Å². The number of fused-ring (bicyclic) bond motifs is 1. The Bertz CT molecular complexity index is 786. The van der Waals surface area contributed by atoms with Crippen LogP contribution in [0.15, 0.2) is 23.8 Å². The van der Waals surface area contributed by atoms with Crippen molar-refractivity contribution in [3.63, 3.8) is 0 Å².